The van der Waals surface area contributed by atoms with Crippen LogP contribution in [-0.4, -0.2) is 55.1 Å². The first-order chi connectivity index (χ1) is 16.3. The van der Waals surface area contributed by atoms with Gasteiger partial charge in [0.2, 0.25) is 0 Å². The molecule has 3 aromatic heterocycles. The maximum atomic E-state index is 10.6. The molecule has 8 nitrogen and oxygen atoms in total. The van der Waals surface area contributed by atoms with Crippen LogP contribution in [0, 0.1) is 0 Å². The van der Waals surface area contributed by atoms with E-state index in [4.69, 9.17) is 19.4 Å². The zero-order valence-corrected chi connectivity index (χ0v) is 18.0. The monoisotopic (exact) mass is 473 g/mol. The van der Waals surface area contributed by atoms with Gasteiger partial charge in [-0.15, -0.1) is 10.2 Å². The van der Waals surface area contributed by atoms with Crippen molar-refractivity contribution in [1.29, 1.82) is 0 Å². The Balaban J connectivity index is 0.000000344. The number of likely N-dealkylation sites (tertiary alicyclic amines) is 1. The second-order valence-corrected chi connectivity index (χ2v) is 7.90. The number of alkyl halides is 3. The van der Waals surface area contributed by atoms with Gasteiger partial charge in [0.1, 0.15) is 0 Å². The van der Waals surface area contributed by atoms with E-state index in [0.29, 0.717) is 5.92 Å². The topological polar surface area (TPSA) is 96.8 Å². The van der Waals surface area contributed by atoms with E-state index in [9.17, 15) is 13.2 Å². The number of carbonyl (C=O) groups is 1. The van der Waals surface area contributed by atoms with Gasteiger partial charge < -0.3 is 9.52 Å². The lowest BCUT2D eigenvalue weighted by atomic mass is 9.96. The Hall–Kier alpha value is -3.73. The van der Waals surface area contributed by atoms with Crippen molar-refractivity contribution in [2.75, 3.05) is 13.1 Å². The van der Waals surface area contributed by atoms with Gasteiger partial charge in [0.15, 0.2) is 11.5 Å². The first kappa shape index (κ1) is 23.4. The van der Waals surface area contributed by atoms with Crippen molar-refractivity contribution in [2.24, 2.45) is 0 Å². The molecule has 0 saturated carbocycles. The van der Waals surface area contributed by atoms with Crippen LogP contribution in [0.25, 0.3) is 16.9 Å². The van der Waals surface area contributed by atoms with Gasteiger partial charge in [-0.3, -0.25) is 4.90 Å². The lowest BCUT2D eigenvalue weighted by Crippen LogP contribution is -2.33. The molecule has 178 valence electrons. The molecule has 0 spiro atoms. The Kier molecular flexibility index (Phi) is 6.92. The number of fused-ring (bicyclic) bond motifs is 1. The van der Waals surface area contributed by atoms with Crippen LogP contribution in [0.1, 0.15) is 30.1 Å². The molecule has 0 unspecified atom stereocenters. The van der Waals surface area contributed by atoms with Crippen LogP contribution in [0.15, 0.2) is 65.5 Å². The largest absolute Gasteiger partial charge is 0.490 e. The molecule has 0 radical (unpaired) electrons. The van der Waals surface area contributed by atoms with Gasteiger partial charge in [-0.05, 0) is 44.1 Å². The summed E-state index contributed by atoms with van der Waals surface area (Å²) < 4.78 is 38.8. The van der Waals surface area contributed by atoms with Gasteiger partial charge in [-0.2, -0.15) is 22.8 Å². The van der Waals surface area contributed by atoms with Crippen LogP contribution in [0.3, 0.4) is 0 Å². The predicted molar refractivity (Wildman–Crippen MR) is 116 cm³/mol. The van der Waals surface area contributed by atoms with E-state index in [2.05, 4.69) is 27.2 Å². The summed E-state index contributed by atoms with van der Waals surface area (Å²) in [5.74, 6) is -1.39. The third-order valence-electron chi connectivity index (χ3n) is 5.54. The molecule has 1 saturated heterocycles. The number of piperidine rings is 1. The highest BCUT2D eigenvalue weighted by Crippen LogP contribution is 2.28. The van der Waals surface area contributed by atoms with Crippen molar-refractivity contribution < 1.29 is 27.5 Å². The fraction of sp³-hybridized carbons (Fsp3) is 0.304. The fourth-order valence-electron chi connectivity index (χ4n) is 3.81. The van der Waals surface area contributed by atoms with Crippen molar-refractivity contribution >= 4 is 11.6 Å². The summed E-state index contributed by atoms with van der Waals surface area (Å²) in [7, 11) is 0. The number of rotatable bonds is 4. The molecule has 4 aromatic rings. The number of carboxylic acids is 1. The molecule has 1 N–H and O–H groups in total. The number of carboxylic acid groups (broad SMARTS) is 1. The molecule has 1 aliphatic rings. The normalized spacial score (nSPS) is 15.1. The van der Waals surface area contributed by atoms with Crippen molar-refractivity contribution in [3.05, 3.63) is 72.4 Å². The zero-order valence-electron chi connectivity index (χ0n) is 18.0. The number of nitrogens with zero attached hydrogens (tertiary/aromatic N) is 5. The molecule has 0 amide bonds. The molecule has 5 rings (SSSR count). The van der Waals surface area contributed by atoms with Gasteiger partial charge >= 0.3 is 12.1 Å². The number of hydrogen-bond donors (Lipinski definition) is 1. The summed E-state index contributed by atoms with van der Waals surface area (Å²) in [6, 6.07) is 16.3. The van der Waals surface area contributed by atoms with E-state index in [0.717, 1.165) is 55.2 Å². The Morgan fingerprint density at radius 1 is 1.06 bits per heavy atom. The predicted octanol–water partition coefficient (Wildman–Crippen LogP) is 4.40. The van der Waals surface area contributed by atoms with Crippen molar-refractivity contribution in [2.45, 2.75) is 31.5 Å². The number of halogens is 3. The standard InChI is InChI=1S/C21H21N5O.C2HF3O2/c1-2-4-17(5-3-1)19-6-7-20-22-23-21(26(20)24-19)18-8-11-25(12-9-18)14-16-10-13-27-15-16;3-2(4,5)1(6)7/h1-7,10,13,15,18H,8-9,11-12,14H2;(H,6,7). The van der Waals surface area contributed by atoms with E-state index >= 15 is 0 Å². The number of benzene rings is 1. The van der Waals surface area contributed by atoms with Crippen molar-refractivity contribution in [1.82, 2.24) is 24.7 Å². The summed E-state index contributed by atoms with van der Waals surface area (Å²) in [6.45, 7) is 3.03. The molecule has 0 bridgehead atoms. The Morgan fingerprint density at radius 2 is 1.76 bits per heavy atom. The summed E-state index contributed by atoms with van der Waals surface area (Å²) in [6.07, 6.45) is 0.610. The third-order valence-corrected chi connectivity index (χ3v) is 5.54. The highest BCUT2D eigenvalue weighted by atomic mass is 19.4. The smallest absolute Gasteiger partial charge is 0.475 e. The number of furan rings is 1. The summed E-state index contributed by atoms with van der Waals surface area (Å²) in [5, 5.41) is 20.8. The maximum Gasteiger partial charge on any atom is 0.490 e. The number of aromatic nitrogens is 4. The molecular formula is C23H22F3N5O3. The average molecular weight is 473 g/mol. The highest BCUT2D eigenvalue weighted by molar-refractivity contribution is 5.73. The Labute approximate surface area is 192 Å². The fourth-order valence-corrected chi connectivity index (χ4v) is 3.81. The van der Waals surface area contributed by atoms with E-state index in [1.807, 2.05) is 47.2 Å². The molecule has 0 aliphatic carbocycles. The third kappa shape index (κ3) is 5.60. The van der Waals surface area contributed by atoms with E-state index < -0.39 is 12.1 Å². The van der Waals surface area contributed by atoms with Crippen LogP contribution in [-0.2, 0) is 11.3 Å². The first-order valence-electron chi connectivity index (χ1n) is 10.6. The molecule has 1 aromatic carbocycles. The van der Waals surface area contributed by atoms with E-state index in [-0.39, 0.29) is 0 Å². The second-order valence-electron chi connectivity index (χ2n) is 7.90. The lowest BCUT2D eigenvalue weighted by molar-refractivity contribution is -0.192. The lowest BCUT2D eigenvalue weighted by Gasteiger charge is -2.30. The number of aliphatic carboxylic acids is 1. The minimum atomic E-state index is -5.08. The van der Waals surface area contributed by atoms with Crippen LogP contribution >= 0.6 is 0 Å². The van der Waals surface area contributed by atoms with E-state index in [1.54, 1.807) is 6.26 Å². The van der Waals surface area contributed by atoms with Crippen LogP contribution in [0.2, 0.25) is 0 Å². The van der Waals surface area contributed by atoms with Gasteiger partial charge in [0, 0.05) is 23.6 Å². The van der Waals surface area contributed by atoms with Gasteiger partial charge in [0.25, 0.3) is 0 Å². The van der Waals surface area contributed by atoms with E-state index in [1.165, 1.54) is 5.56 Å². The van der Waals surface area contributed by atoms with Crippen LogP contribution in [0.5, 0.6) is 0 Å². The summed E-state index contributed by atoms with van der Waals surface area (Å²) in [5.41, 5.74) is 4.09. The maximum absolute atomic E-state index is 10.6. The van der Waals surface area contributed by atoms with Crippen LogP contribution < -0.4 is 0 Å². The first-order valence-corrected chi connectivity index (χ1v) is 10.6. The molecule has 11 heteroatoms. The van der Waals surface area contributed by atoms with Gasteiger partial charge in [-0.25, -0.2) is 4.79 Å². The quantitative estimate of drug-likeness (QED) is 0.469. The van der Waals surface area contributed by atoms with Crippen LogP contribution in [0.4, 0.5) is 13.2 Å². The number of hydrogen-bond acceptors (Lipinski definition) is 6. The summed E-state index contributed by atoms with van der Waals surface area (Å²) >= 11 is 0. The zero-order chi connectivity index (χ0) is 24.1. The Bertz CT molecular complexity index is 1220. The highest BCUT2D eigenvalue weighted by Gasteiger charge is 2.38. The summed E-state index contributed by atoms with van der Waals surface area (Å²) in [4.78, 5) is 11.4. The molecular weight excluding hydrogens is 451 g/mol. The minimum Gasteiger partial charge on any atom is -0.475 e. The molecule has 34 heavy (non-hydrogen) atoms. The minimum absolute atomic E-state index is 0.388. The van der Waals surface area contributed by atoms with Gasteiger partial charge in [0.05, 0.1) is 18.2 Å². The molecule has 1 aliphatic heterocycles. The molecule has 4 heterocycles. The second kappa shape index (κ2) is 10.0. The van der Waals surface area contributed by atoms with Crippen molar-refractivity contribution in [3.8, 4) is 11.3 Å². The van der Waals surface area contributed by atoms with Crippen molar-refractivity contribution in [3.63, 3.8) is 0 Å². The van der Waals surface area contributed by atoms with Gasteiger partial charge in [-0.1, -0.05) is 30.3 Å². The SMILES string of the molecule is O=C(O)C(F)(F)F.c1ccc(-c2ccc3nnc(C4CCN(Cc5ccoc5)CC4)n3n2)cc1. The molecule has 1 fully saturated rings. The Morgan fingerprint density at radius 3 is 2.38 bits per heavy atom. The average Bonchev–Trinajstić information content (AvgIpc) is 3.49. The molecule has 0 atom stereocenters.